The van der Waals surface area contributed by atoms with Crippen LogP contribution in [0.5, 0.6) is 0 Å². The lowest BCUT2D eigenvalue weighted by Gasteiger charge is -2.51. The van der Waals surface area contributed by atoms with Gasteiger partial charge in [-0.1, -0.05) is 58.9 Å². The van der Waals surface area contributed by atoms with Gasteiger partial charge in [0.05, 0.1) is 22.2 Å². The van der Waals surface area contributed by atoms with E-state index in [1.165, 1.54) is 0 Å². The van der Waals surface area contributed by atoms with E-state index in [9.17, 15) is 14.7 Å². The largest absolute Gasteiger partial charge is 0.481 e. The zero-order valence-corrected chi connectivity index (χ0v) is 19.8. The van der Waals surface area contributed by atoms with Gasteiger partial charge in [-0.2, -0.15) is 0 Å². The number of amides is 1. The van der Waals surface area contributed by atoms with Crippen LogP contribution in [0.2, 0.25) is 0 Å². The first-order valence-electron chi connectivity index (χ1n) is 11.2. The Morgan fingerprint density at radius 3 is 2.30 bits per heavy atom. The summed E-state index contributed by atoms with van der Waals surface area (Å²) in [6.07, 6.45) is 5.59. The molecule has 0 unspecified atom stereocenters. The summed E-state index contributed by atoms with van der Waals surface area (Å²) in [4.78, 5) is 30.6. The Labute approximate surface area is 201 Å². The normalized spacial score (nSPS) is 23.9. The number of hydrogen-bond donors (Lipinski definition) is 2. The van der Waals surface area contributed by atoms with Gasteiger partial charge in [0.25, 0.3) is 5.91 Å². The Morgan fingerprint density at radius 1 is 1.03 bits per heavy atom. The van der Waals surface area contributed by atoms with Crippen LogP contribution in [0.15, 0.2) is 59.6 Å². The van der Waals surface area contributed by atoms with Crippen molar-refractivity contribution in [2.45, 2.75) is 44.1 Å². The van der Waals surface area contributed by atoms with E-state index in [1.807, 2.05) is 48.5 Å². The first-order chi connectivity index (χ1) is 15.9. The molecule has 33 heavy (non-hydrogen) atoms. The molecule has 1 amide bonds. The topological polar surface area (TPSA) is 79.3 Å². The van der Waals surface area contributed by atoms with Crippen molar-refractivity contribution in [3.63, 3.8) is 0 Å². The first-order valence-corrected chi connectivity index (χ1v) is 12.0. The lowest BCUT2D eigenvalue weighted by atomic mass is 9.57. The minimum absolute atomic E-state index is 0.155. The fourth-order valence-corrected chi connectivity index (χ4v) is 5.87. The summed E-state index contributed by atoms with van der Waals surface area (Å²) in [7, 11) is 0. The second kappa shape index (κ2) is 8.10. The quantitative estimate of drug-likeness (QED) is 0.432. The molecular weight excluding hydrogens is 480 g/mol. The summed E-state index contributed by atoms with van der Waals surface area (Å²) in [5.41, 5.74) is 2.67. The predicted molar refractivity (Wildman–Crippen MR) is 133 cm³/mol. The second-order valence-corrected chi connectivity index (χ2v) is 10.2. The highest BCUT2D eigenvalue weighted by atomic mass is 79.9. The Bertz CT molecular complexity index is 1260. The summed E-state index contributed by atoms with van der Waals surface area (Å²) in [6.45, 7) is 4.01. The van der Waals surface area contributed by atoms with E-state index in [4.69, 9.17) is 4.98 Å². The molecule has 3 saturated carbocycles. The average molecular weight is 505 g/mol. The van der Waals surface area contributed by atoms with E-state index in [0.29, 0.717) is 49.7 Å². The molecule has 3 aromatic rings. The number of carbonyl (C=O) groups is 2. The SMILES string of the molecule is C=Cc1c(-c2ccccc2)nc2ccc(Br)cc2c1C(=O)NC12CCC(C(=O)O)(CC1)CC2. The highest BCUT2D eigenvalue weighted by Gasteiger charge is 2.53. The van der Waals surface area contributed by atoms with Gasteiger partial charge in [-0.05, 0) is 56.7 Å². The summed E-state index contributed by atoms with van der Waals surface area (Å²) >= 11 is 3.53. The molecule has 1 aromatic heterocycles. The van der Waals surface area contributed by atoms with Crippen molar-refractivity contribution < 1.29 is 14.7 Å². The molecule has 0 spiro atoms. The van der Waals surface area contributed by atoms with Gasteiger partial charge in [0.1, 0.15) is 0 Å². The second-order valence-electron chi connectivity index (χ2n) is 9.30. The lowest BCUT2D eigenvalue weighted by Crippen LogP contribution is -2.58. The summed E-state index contributed by atoms with van der Waals surface area (Å²) < 4.78 is 0.869. The van der Waals surface area contributed by atoms with Gasteiger partial charge < -0.3 is 10.4 Å². The molecule has 0 atom stereocenters. The van der Waals surface area contributed by atoms with Gasteiger partial charge in [0, 0.05) is 26.5 Å². The highest BCUT2D eigenvalue weighted by Crippen LogP contribution is 2.52. The van der Waals surface area contributed by atoms with E-state index >= 15 is 0 Å². The number of carbonyl (C=O) groups excluding carboxylic acids is 1. The van der Waals surface area contributed by atoms with Crippen LogP contribution < -0.4 is 5.32 Å². The van der Waals surface area contributed by atoms with Crippen molar-refractivity contribution in [3.05, 3.63) is 70.7 Å². The fourth-order valence-electron chi connectivity index (χ4n) is 5.51. The molecule has 3 aliphatic carbocycles. The molecule has 168 valence electrons. The zero-order chi connectivity index (χ0) is 23.2. The van der Waals surface area contributed by atoms with E-state index in [2.05, 4.69) is 27.8 Å². The number of benzene rings is 2. The Hall–Kier alpha value is -2.99. The summed E-state index contributed by atoms with van der Waals surface area (Å²) in [5.74, 6) is -0.856. The number of rotatable bonds is 5. The van der Waals surface area contributed by atoms with Crippen molar-refractivity contribution in [2.75, 3.05) is 0 Å². The zero-order valence-electron chi connectivity index (χ0n) is 18.2. The Balaban J connectivity index is 1.60. The third-order valence-corrected chi connectivity index (χ3v) is 8.04. The molecule has 1 heterocycles. The van der Waals surface area contributed by atoms with Crippen molar-refractivity contribution in [1.29, 1.82) is 0 Å². The van der Waals surface area contributed by atoms with E-state index in [1.54, 1.807) is 6.08 Å². The minimum Gasteiger partial charge on any atom is -0.481 e. The van der Waals surface area contributed by atoms with Gasteiger partial charge in [-0.15, -0.1) is 0 Å². The third-order valence-electron chi connectivity index (χ3n) is 7.54. The third kappa shape index (κ3) is 3.66. The van der Waals surface area contributed by atoms with Crippen LogP contribution in [0, 0.1) is 5.41 Å². The van der Waals surface area contributed by atoms with Gasteiger partial charge in [-0.3, -0.25) is 9.59 Å². The minimum atomic E-state index is -0.700. The highest BCUT2D eigenvalue weighted by molar-refractivity contribution is 9.10. The van der Waals surface area contributed by atoms with Crippen LogP contribution >= 0.6 is 15.9 Å². The molecule has 6 rings (SSSR count). The maximum Gasteiger partial charge on any atom is 0.309 e. The van der Waals surface area contributed by atoms with Crippen molar-refractivity contribution in [2.24, 2.45) is 5.41 Å². The van der Waals surface area contributed by atoms with Crippen molar-refractivity contribution in [1.82, 2.24) is 10.3 Å². The van der Waals surface area contributed by atoms with Crippen LogP contribution in [0.4, 0.5) is 0 Å². The number of carboxylic acid groups (broad SMARTS) is 1. The van der Waals surface area contributed by atoms with Crippen LogP contribution in [0.3, 0.4) is 0 Å². The summed E-state index contributed by atoms with van der Waals surface area (Å²) in [6, 6.07) is 15.6. The standard InChI is InChI=1S/C27H25BrN2O3/c1-2-19-22(24(31)30-27-13-10-26(11-14-27,12-15-27)25(32)33)20-16-18(28)8-9-21(20)29-23(19)17-6-4-3-5-7-17/h2-9,16H,1,10-15H2,(H,30,31)(H,32,33). The number of pyridine rings is 1. The molecule has 2 bridgehead atoms. The van der Waals surface area contributed by atoms with Gasteiger partial charge in [0.2, 0.25) is 0 Å². The number of aliphatic carboxylic acids is 1. The average Bonchev–Trinajstić information content (AvgIpc) is 2.84. The van der Waals surface area contributed by atoms with E-state index in [0.717, 1.165) is 26.6 Å². The van der Waals surface area contributed by atoms with E-state index in [-0.39, 0.29) is 11.4 Å². The molecule has 2 N–H and O–H groups in total. The van der Waals surface area contributed by atoms with Gasteiger partial charge in [0.15, 0.2) is 0 Å². The van der Waals surface area contributed by atoms with Crippen LogP contribution in [0.25, 0.3) is 28.2 Å². The number of nitrogens with zero attached hydrogens (tertiary/aromatic N) is 1. The fraction of sp³-hybridized carbons (Fsp3) is 0.296. The molecule has 0 radical (unpaired) electrons. The van der Waals surface area contributed by atoms with Gasteiger partial charge in [-0.25, -0.2) is 4.98 Å². The molecule has 6 heteroatoms. The predicted octanol–water partition coefficient (Wildman–Crippen LogP) is 6.21. The number of aromatic nitrogens is 1. The summed E-state index contributed by atoms with van der Waals surface area (Å²) in [5, 5.41) is 13.8. The monoisotopic (exact) mass is 504 g/mol. The molecule has 0 aliphatic heterocycles. The molecule has 2 aromatic carbocycles. The Morgan fingerprint density at radius 2 is 1.70 bits per heavy atom. The van der Waals surface area contributed by atoms with Crippen LogP contribution in [0.1, 0.15) is 54.4 Å². The molecule has 3 fully saturated rings. The number of carboxylic acids is 1. The maximum absolute atomic E-state index is 13.9. The molecule has 0 saturated heterocycles. The molecule has 3 aliphatic rings. The van der Waals surface area contributed by atoms with Gasteiger partial charge >= 0.3 is 5.97 Å². The number of fused-ring (bicyclic) bond motifs is 4. The first kappa shape index (κ1) is 21.8. The van der Waals surface area contributed by atoms with Crippen molar-refractivity contribution >= 4 is 44.8 Å². The lowest BCUT2D eigenvalue weighted by molar-refractivity contribution is -0.156. The number of halogens is 1. The number of hydrogen-bond acceptors (Lipinski definition) is 3. The van der Waals surface area contributed by atoms with Crippen LogP contribution in [-0.2, 0) is 4.79 Å². The van der Waals surface area contributed by atoms with E-state index < -0.39 is 11.4 Å². The Kier molecular flexibility index (Phi) is 5.36. The maximum atomic E-state index is 13.9. The smallest absolute Gasteiger partial charge is 0.309 e. The molecule has 5 nitrogen and oxygen atoms in total. The van der Waals surface area contributed by atoms with Crippen LogP contribution in [-0.4, -0.2) is 27.5 Å². The number of nitrogens with one attached hydrogen (secondary N) is 1. The molecular formula is C27H25BrN2O3. The van der Waals surface area contributed by atoms with Crippen molar-refractivity contribution in [3.8, 4) is 11.3 Å².